The average molecular weight is 491 g/mol. The predicted molar refractivity (Wildman–Crippen MR) is 122 cm³/mol. The van der Waals surface area contributed by atoms with Crippen LogP contribution in [0.2, 0.25) is 0 Å². The van der Waals surface area contributed by atoms with E-state index >= 15 is 0 Å². The second kappa shape index (κ2) is 8.88. The van der Waals surface area contributed by atoms with Crippen LogP contribution in [0.3, 0.4) is 0 Å². The van der Waals surface area contributed by atoms with E-state index in [1.165, 1.54) is 19.4 Å². The molecule has 2 aromatic heterocycles. The summed E-state index contributed by atoms with van der Waals surface area (Å²) in [6, 6.07) is 2.93. The molecule has 11 heteroatoms. The molecule has 0 aliphatic carbocycles. The summed E-state index contributed by atoms with van der Waals surface area (Å²) in [6.07, 6.45) is 1.55. The maximum Gasteiger partial charge on any atom is 0.275 e. The van der Waals surface area contributed by atoms with E-state index in [2.05, 4.69) is 10.2 Å². The van der Waals surface area contributed by atoms with Gasteiger partial charge in [0.05, 0.1) is 18.2 Å². The Balaban J connectivity index is 1.76. The van der Waals surface area contributed by atoms with Gasteiger partial charge in [-0.25, -0.2) is 8.78 Å². The summed E-state index contributed by atoms with van der Waals surface area (Å²) in [4.78, 5) is 27.8. The highest BCUT2D eigenvalue weighted by molar-refractivity contribution is 7.14. The molecule has 0 radical (unpaired) electrons. The van der Waals surface area contributed by atoms with E-state index < -0.39 is 34.3 Å². The van der Waals surface area contributed by atoms with E-state index in [0.29, 0.717) is 11.6 Å². The SMILES string of the molecule is COC[C@H]1CN(C(C)(C)C)C(=O)c2c(O)c(=O)c(-c3nnc(Cc4ccc(F)cc4F)s3)cn21. The highest BCUT2D eigenvalue weighted by Crippen LogP contribution is 2.33. The van der Waals surface area contributed by atoms with Gasteiger partial charge in [-0.2, -0.15) is 0 Å². The fourth-order valence-electron chi connectivity index (χ4n) is 3.95. The van der Waals surface area contributed by atoms with Gasteiger partial charge in [-0.3, -0.25) is 9.59 Å². The van der Waals surface area contributed by atoms with Gasteiger partial charge in [0.15, 0.2) is 16.5 Å². The van der Waals surface area contributed by atoms with Crippen molar-refractivity contribution in [3.8, 4) is 16.3 Å². The molecular formula is C23H24F2N4O4S. The molecule has 1 amide bonds. The topological polar surface area (TPSA) is 97.6 Å². The summed E-state index contributed by atoms with van der Waals surface area (Å²) < 4.78 is 34.1. The molecule has 1 aromatic carbocycles. The summed E-state index contributed by atoms with van der Waals surface area (Å²) >= 11 is 1.05. The fraction of sp³-hybridized carbons (Fsp3) is 0.391. The van der Waals surface area contributed by atoms with Crippen LogP contribution in [0.4, 0.5) is 8.78 Å². The number of carbonyl (C=O) groups excluding carboxylic acids is 1. The van der Waals surface area contributed by atoms with Crippen molar-refractivity contribution in [2.24, 2.45) is 0 Å². The van der Waals surface area contributed by atoms with E-state index in [1.54, 1.807) is 9.47 Å². The molecule has 3 heterocycles. The van der Waals surface area contributed by atoms with Crippen LogP contribution < -0.4 is 5.43 Å². The first-order valence-electron chi connectivity index (χ1n) is 10.6. The van der Waals surface area contributed by atoms with E-state index in [-0.39, 0.29) is 40.9 Å². The zero-order valence-electron chi connectivity index (χ0n) is 19.1. The number of ether oxygens (including phenoxy) is 1. The summed E-state index contributed by atoms with van der Waals surface area (Å²) in [7, 11) is 1.53. The first kappa shape index (κ1) is 24.0. The number of hydrogen-bond acceptors (Lipinski definition) is 7. The molecule has 1 atom stereocenters. The smallest absolute Gasteiger partial charge is 0.275 e. The fourth-order valence-corrected chi connectivity index (χ4v) is 4.82. The van der Waals surface area contributed by atoms with Crippen molar-refractivity contribution in [1.82, 2.24) is 19.7 Å². The lowest BCUT2D eigenvalue weighted by atomic mass is 10.00. The van der Waals surface area contributed by atoms with Crippen LogP contribution >= 0.6 is 11.3 Å². The molecule has 3 aromatic rings. The van der Waals surface area contributed by atoms with Gasteiger partial charge in [-0.15, -0.1) is 10.2 Å². The summed E-state index contributed by atoms with van der Waals surface area (Å²) in [6.45, 7) is 6.21. The third-order valence-corrected chi connectivity index (χ3v) is 6.62. The molecule has 0 fully saturated rings. The Labute approximate surface area is 198 Å². The number of pyridine rings is 1. The first-order valence-corrected chi connectivity index (χ1v) is 11.4. The number of amides is 1. The number of aromatic hydroxyl groups is 1. The Morgan fingerprint density at radius 3 is 2.62 bits per heavy atom. The van der Waals surface area contributed by atoms with Gasteiger partial charge >= 0.3 is 0 Å². The quantitative estimate of drug-likeness (QED) is 0.589. The van der Waals surface area contributed by atoms with Crippen LogP contribution in [0, 0.1) is 11.6 Å². The summed E-state index contributed by atoms with van der Waals surface area (Å²) in [5.41, 5.74) is -1.07. The Morgan fingerprint density at radius 2 is 1.97 bits per heavy atom. The molecule has 0 saturated heterocycles. The minimum absolute atomic E-state index is 0.0629. The monoisotopic (exact) mass is 490 g/mol. The van der Waals surface area contributed by atoms with Gasteiger partial charge < -0.3 is 19.3 Å². The number of benzene rings is 1. The van der Waals surface area contributed by atoms with Crippen molar-refractivity contribution < 1.29 is 23.4 Å². The number of hydrogen-bond donors (Lipinski definition) is 1. The van der Waals surface area contributed by atoms with Crippen LogP contribution in [-0.2, 0) is 11.2 Å². The van der Waals surface area contributed by atoms with E-state index in [4.69, 9.17) is 4.74 Å². The van der Waals surface area contributed by atoms with E-state index in [1.807, 2.05) is 20.8 Å². The third kappa shape index (κ3) is 4.32. The lowest BCUT2D eigenvalue weighted by Crippen LogP contribution is -2.53. The van der Waals surface area contributed by atoms with Crippen molar-refractivity contribution in [1.29, 1.82) is 0 Å². The van der Waals surface area contributed by atoms with Crippen LogP contribution in [0.5, 0.6) is 5.75 Å². The maximum absolute atomic E-state index is 14.0. The summed E-state index contributed by atoms with van der Waals surface area (Å²) in [5, 5.41) is 19.5. The highest BCUT2D eigenvalue weighted by Gasteiger charge is 2.39. The number of halogens is 2. The van der Waals surface area contributed by atoms with Crippen LogP contribution in [0.25, 0.3) is 10.6 Å². The number of fused-ring (bicyclic) bond motifs is 1. The first-order chi connectivity index (χ1) is 16.0. The Kier molecular flexibility index (Phi) is 6.26. The Bertz CT molecular complexity index is 1320. The molecule has 8 nitrogen and oxygen atoms in total. The van der Waals surface area contributed by atoms with E-state index in [0.717, 1.165) is 23.5 Å². The van der Waals surface area contributed by atoms with Crippen LogP contribution in [-0.4, -0.2) is 56.5 Å². The Hall–Kier alpha value is -3.18. The van der Waals surface area contributed by atoms with Crippen molar-refractivity contribution >= 4 is 17.2 Å². The van der Waals surface area contributed by atoms with Gasteiger partial charge in [-0.1, -0.05) is 17.4 Å². The largest absolute Gasteiger partial charge is 0.503 e. The van der Waals surface area contributed by atoms with Crippen molar-refractivity contribution in [2.45, 2.75) is 38.8 Å². The van der Waals surface area contributed by atoms with Gasteiger partial charge in [0.1, 0.15) is 16.6 Å². The van der Waals surface area contributed by atoms with E-state index in [9.17, 15) is 23.5 Å². The standard InChI is InChI=1S/C23H24F2N4O4S/c1-23(2,3)29-9-14(11-33-4)28-10-15(19(30)20(31)18(28)22(29)32)21-27-26-17(34-21)7-12-5-6-13(24)8-16(12)25/h5-6,8,10,14,31H,7,9,11H2,1-4H3/t14-/m1/s1. The van der Waals surface area contributed by atoms with Crippen molar-refractivity contribution in [3.63, 3.8) is 0 Å². The van der Waals surface area contributed by atoms with Crippen LogP contribution in [0.1, 0.15) is 47.9 Å². The Morgan fingerprint density at radius 1 is 1.24 bits per heavy atom. The number of carbonyl (C=O) groups is 1. The molecule has 180 valence electrons. The molecule has 1 aliphatic rings. The minimum atomic E-state index is -0.748. The van der Waals surface area contributed by atoms with Crippen LogP contribution in [0.15, 0.2) is 29.2 Å². The number of nitrogens with zero attached hydrogens (tertiary/aromatic N) is 4. The molecule has 0 bridgehead atoms. The summed E-state index contributed by atoms with van der Waals surface area (Å²) in [5.74, 6) is -2.50. The molecular weight excluding hydrogens is 466 g/mol. The second-order valence-electron chi connectivity index (χ2n) is 9.09. The normalized spacial score (nSPS) is 16.1. The number of methoxy groups -OCH3 is 1. The molecule has 0 spiro atoms. The minimum Gasteiger partial charge on any atom is -0.503 e. The highest BCUT2D eigenvalue weighted by atomic mass is 32.1. The van der Waals surface area contributed by atoms with Gasteiger partial charge in [-0.05, 0) is 32.4 Å². The maximum atomic E-state index is 14.0. The lowest BCUT2D eigenvalue weighted by Gasteiger charge is -2.43. The third-order valence-electron chi connectivity index (χ3n) is 5.67. The molecule has 0 saturated carbocycles. The number of rotatable bonds is 5. The molecule has 1 aliphatic heterocycles. The molecule has 1 N–H and O–H groups in total. The van der Waals surface area contributed by atoms with Gasteiger partial charge in [0, 0.05) is 37.9 Å². The zero-order chi connectivity index (χ0) is 24.8. The van der Waals surface area contributed by atoms with Crippen molar-refractivity contribution in [3.05, 3.63) is 62.5 Å². The van der Waals surface area contributed by atoms with Gasteiger partial charge in [0.2, 0.25) is 5.43 Å². The van der Waals surface area contributed by atoms with Crippen molar-refractivity contribution in [2.75, 3.05) is 20.3 Å². The molecule has 4 rings (SSSR count). The zero-order valence-corrected chi connectivity index (χ0v) is 19.9. The average Bonchev–Trinajstić information content (AvgIpc) is 3.21. The van der Waals surface area contributed by atoms with Gasteiger partial charge in [0.25, 0.3) is 5.91 Å². The number of aromatic nitrogens is 3. The molecule has 0 unspecified atom stereocenters. The molecule has 34 heavy (non-hydrogen) atoms. The predicted octanol–water partition coefficient (Wildman–Crippen LogP) is 3.38. The second-order valence-corrected chi connectivity index (χ2v) is 10.1. The lowest BCUT2D eigenvalue weighted by molar-refractivity contribution is 0.0357.